The number of hydrogen-bond donors (Lipinski definition) is 2. The lowest BCUT2D eigenvalue weighted by atomic mass is 10.2. The van der Waals surface area contributed by atoms with E-state index in [0.717, 1.165) is 16.3 Å². The zero-order valence-electron chi connectivity index (χ0n) is 7.69. The first-order valence-corrected chi connectivity index (χ1v) is 5.87. The van der Waals surface area contributed by atoms with Gasteiger partial charge in [0, 0.05) is 16.5 Å². The Bertz CT molecular complexity index is 281. The van der Waals surface area contributed by atoms with Gasteiger partial charge in [-0.25, -0.2) is 0 Å². The van der Waals surface area contributed by atoms with Gasteiger partial charge in [-0.3, -0.25) is 0 Å². The van der Waals surface area contributed by atoms with Gasteiger partial charge in [-0.15, -0.1) is 0 Å². The predicted octanol–water partition coefficient (Wildman–Crippen LogP) is 1.93. The Labute approximate surface area is 92.9 Å². The third kappa shape index (κ3) is 3.88. The predicted molar refractivity (Wildman–Crippen MR) is 60.7 cm³/mol. The van der Waals surface area contributed by atoms with E-state index in [4.69, 9.17) is 21.8 Å². The summed E-state index contributed by atoms with van der Waals surface area (Å²) in [6.45, 7) is -0.185. The molecule has 0 fully saturated rings. The molecule has 0 radical (unpaired) electrons. The Morgan fingerprint density at radius 2 is 2.07 bits per heavy atom. The van der Waals surface area contributed by atoms with Crippen molar-refractivity contribution in [1.82, 2.24) is 0 Å². The first kappa shape index (κ1) is 11.9. The van der Waals surface area contributed by atoms with E-state index in [0.29, 0.717) is 5.75 Å². The minimum Gasteiger partial charge on any atom is -0.394 e. The second-order valence-corrected chi connectivity index (χ2v) is 4.38. The number of aliphatic hydroxyl groups excluding tert-OH is 2. The Morgan fingerprint density at radius 3 is 2.71 bits per heavy atom. The molecule has 0 aliphatic carbocycles. The summed E-state index contributed by atoms with van der Waals surface area (Å²) < 4.78 is 0. The van der Waals surface area contributed by atoms with E-state index in [-0.39, 0.29) is 6.61 Å². The molecule has 0 aliphatic heterocycles. The molecule has 2 nitrogen and oxygen atoms in total. The molecule has 1 aromatic carbocycles. The molecular weight excluding hydrogens is 220 g/mol. The number of halogens is 1. The van der Waals surface area contributed by atoms with Gasteiger partial charge in [0.25, 0.3) is 0 Å². The van der Waals surface area contributed by atoms with Crippen molar-refractivity contribution in [2.45, 2.75) is 11.9 Å². The molecule has 0 unspecified atom stereocenters. The number of thioether (sulfide) groups is 1. The number of benzene rings is 1. The third-order valence-electron chi connectivity index (χ3n) is 1.74. The summed E-state index contributed by atoms with van der Waals surface area (Å²) >= 11 is 7.51. The summed E-state index contributed by atoms with van der Waals surface area (Å²) in [5, 5.41) is 18.4. The lowest BCUT2D eigenvalue weighted by Gasteiger charge is -2.07. The maximum Gasteiger partial charge on any atom is 0.0861 e. The standard InChI is InChI=1S/C10H13ClO2S/c11-10-4-2-1-3-8(10)6-14-7-9(13)5-12/h1-4,9,12-13H,5-7H2/t9-/m1/s1. The molecule has 1 aromatic rings. The van der Waals surface area contributed by atoms with Crippen LogP contribution in [0.3, 0.4) is 0 Å². The maximum atomic E-state index is 9.10. The van der Waals surface area contributed by atoms with Crippen molar-refractivity contribution in [3.63, 3.8) is 0 Å². The minimum absolute atomic E-state index is 0.185. The van der Waals surface area contributed by atoms with Gasteiger partial charge < -0.3 is 10.2 Å². The lowest BCUT2D eigenvalue weighted by Crippen LogP contribution is -2.14. The maximum absolute atomic E-state index is 9.10. The van der Waals surface area contributed by atoms with Crippen molar-refractivity contribution >= 4 is 23.4 Å². The third-order valence-corrected chi connectivity index (χ3v) is 3.24. The van der Waals surface area contributed by atoms with E-state index in [9.17, 15) is 0 Å². The fourth-order valence-corrected chi connectivity index (χ4v) is 2.22. The molecule has 0 aliphatic rings. The van der Waals surface area contributed by atoms with Gasteiger partial charge in [-0.05, 0) is 11.6 Å². The van der Waals surface area contributed by atoms with Gasteiger partial charge in [0.2, 0.25) is 0 Å². The topological polar surface area (TPSA) is 40.5 Å². The van der Waals surface area contributed by atoms with E-state index in [2.05, 4.69) is 0 Å². The molecule has 0 saturated carbocycles. The van der Waals surface area contributed by atoms with Crippen LogP contribution in [0, 0.1) is 0 Å². The fraction of sp³-hybridized carbons (Fsp3) is 0.400. The summed E-state index contributed by atoms with van der Waals surface area (Å²) in [6.07, 6.45) is -0.637. The molecule has 78 valence electrons. The first-order valence-electron chi connectivity index (χ1n) is 4.34. The van der Waals surface area contributed by atoms with E-state index < -0.39 is 6.10 Å². The molecule has 0 aromatic heterocycles. The van der Waals surface area contributed by atoms with Gasteiger partial charge in [0.05, 0.1) is 12.7 Å². The van der Waals surface area contributed by atoms with Crippen LogP contribution < -0.4 is 0 Å². The van der Waals surface area contributed by atoms with Crippen molar-refractivity contribution < 1.29 is 10.2 Å². The summed E-state index contributed by atoms with van der Waals surface area (Å²) in [7, 11) is 0. The van der Waals surface area contributed by atoms with Crippen LogP contribution in [0.2, 0.25) is 5.02 Å². The van der Waals surface area contributed by atoms with Crippen LogP contribution in [0.15, 0.2) is 24.3 Å². The van der Waals surface area contributed by atoms with Crippen molar-refractivity contribution in [2.75, 3.05) is 12.4 Å². The molecule has 2 N–H and O–H groups in total. The molecule has 1 rings (SSSR count). The largest absolute Gasteiger partial charge is 0.394 e. The fourth-order valence-electron chi connectivity index (χ4n) is 0.973. The van der Waals surface area contributed by atoms with Crippen LogP contribution in [0.1, 0.15) is 5.56 Å². The molecule has 14 heavy (non-hydrogen) atoms. The van der Waals surface area contributed by atoms with Crippen LogP contribution in [0.5, 0.6) is 0 Å². The summed E-state index contributed by atoms with van der Waals surface area (Å²) in [5.41, 5.74) is 1.06. The smallest absolute Gasteiger partial charge is 0.0861 e. The zero-order valence-corrected chi connectivity index (χ0v) is 9.26. The van der Waals surface area contributed by atoms with Gasteiger partial charge in [-0.1, -0.05) is 29.8 Å². The summed E-state index contributed by atoms with van der Waals surface area (Å²) in [6, 6.07) is 7.63. The lowest BCUT2D eigenvalue weighted by molar-refractivity contribution is 0.113. The molecule has 0 amide bonds. The van der Waals surface area contributed by atoms with Crippen LogP contribution in [0.25, 0.3) is 0 Å². The molecule has 0 bridgehead atoms. The van der Waals surface area contributed by atoms with Gasteiger partial charge >= 0.3 is 0 Å². The van der Waals surface area contributed by atoms with Crippen LogP contribution in [-0.4, -0.2) is 28.7 Å². The zero-order chi connectivity index (χ0) is 10.4. The van der Waals surface area contributed by atoms with Crippen LogP contribution in [0.4, 0.5) is 0 Å². The Kier molecular flexibility index (Phi) is 5.33. The molecular formula is C10H13ClO2S. The highest BCUT2D eigenvalue weighted by Crippen LogP contribution is 2.20. The first-order chi connectivity index (χ1) is 6.74. The highest BCUT2D eigenvalue weighted by molar-refractivity contribution is 7.98. The molecule has 0 saturated heterocycles. The van der Waals surface area contributed by atoms with Gasteiger partial charge in [-0.2, -0.15) is 11.8 Å². The Balaban J connectivity index is 2.35. The molecule has 0 heterocycles. The van der Waals surface area contributed by atoms with E-state index in [1.807, 2.05) is 24.3 Å². The SMILES string of the molecule is OC[C@@H](O)CSCc1ccccc1Cl. The Hall–Kier alpha value is -0.220. The monoisotopic (exact) mass is 232 g/mol. The summed E-state index contributed by atoms with van der Waals surface area (Å²) in [4.78, 5) is 0. The normalized spacial score (nSPS) is 12.8. The van der Waals surface area contributed by atoms with E-state index >= 15 is 0 Å². The number of aliphatic hydroxyl groups is 2. The minimum atomic E-state index is -0.637. The number of hydrogen-bond acceptors (Lipinski definition) is 3. The van der Waals surface area contributed by atoms with Crippen molar-refractivity contribution in [2.24, 2.45) is 0 Å². The number of rotatable bonds is 5. The second-order valence-electron chi connectivity index (χ2n) is 2.94. The molecule has 0 spiro atoms. The van der Waals surface area contributed by atoms with Crippen molar-refractivity contribution in [3.8, 4) is 0 Å². The Morgan fingerprint density at radius 1 is 1.36 bits per heavy atom. The summed E-state index contributed by atoms with van der Waals surface area (Å²) in [5.74, 6) is 1.29. The average Bonchev–Trinajstić information content (AvgIpc) is 2.20. The van der Waals surface area contributed by atoms with E-state index in [1.165, 1.54) is 0 Å². The van der Waals surface area contributed by atoms with Crippen LogP contribution >= 0.6 is 23.4 Å². The average molecular weight is 233 g/mol. The van der Waals surface area contributed by atoms with Gasteiger partial charge in [0.15, 0.2) is 0 Å². The van der Waals surface area contributed by atoms with Crippen molar-refractivity contribution in [1.29, 1.82) is 0 Å². The quantitative estimate of drug-likeness (QED) is 0.815. The second kappa shape index (κ2) is 6.30. The van der Waals surface area contributed by atoms with E-state index in [1.54, 1.807) is 11.8 Å². The highest BCUT2D eigenvalue weighted by Gasteiger charge is 2.03. The van der Waals surface area contributed by atoms with Crippen LogP contribution in [-0.2, 0) is 5.75 Å². The molecule has 1 atom stereocenters. The van der Waals surface area contributed by atoms with Crippen molar-refractivity contribution in [3.05, 3.63) is 34.9 Å². The van der Waals surface area contributed by atoms with Gasteiger partial charge in [0.1, 0.15) is 0 Å². The highest BCUT2D eigenvalue weighted by atomic mass is 35.5. The molecule has 4 heteroatoms.